The Kier molecular flexibility index (Phi) is 3.81. The third kappa shape index (κ3) is 3.05. The largest absolute Gasteiger partial charge is 0.237 e. The highest BCUT2D eigenvalue weighted by atomic mass is 16.2. The average molecular weight is 163 g/mol. The van der Waals surface area contributed by atoms with Crippen LogP contribution in [0.4, 0.5) is 0 Å². The molecule has 1 aromatic rings. The van der Waals surface area contributed by atoms with Gasteiger partial charge in [-0.15, -0.1) is 0 Å². The Balaban J connectivity index is 2.41. The standard InChI is InChI=1S/C11H15O/c1-10-5-4-7-11(9-10)6-2-3-8-12/h4-5,7,9H,2-3,6,8H2,1H3. The zero-order valence-corrected chi connectivity index (χ0v) is 7.55. The summed E-state index contributed by atoms with van der Waals surface area (Å²) in [6.45, 7) is 2.16. The lowest BCUT2D eigenvalue weighted by Crippen LogP contribution is -1.88. The molecule has 0 aliphatic carbocycles. The van der Waals surface area contributed by atoms with E-state index in [9.17, 15) is 5.11 Å². The molecule has 0 unspecified atom stereocenters. The first-order valence-corrected chi connectivity index (χ1v) is 4.46. The van der Waals surface area contributed by atoms with Crippen LogP contribution in [0.2, 0.25) is 0 Å². The first-order valence-electron chi connectivity index (χ1n) is 4.46. The maximum absolute atomic E-state index is 10.2. The molecule has 12 heavy (non-hydrogen) atoms. The number of unbranched alkanes of at least 4 members (excludes halogenated alkanes) is 1. The van der Waals surface area contributed by atoms with Crippen molar-refractivity contribution in [3.8, 4) is 0 Å². The molecule has 0 saturated carbocycles. The summed E-state index contributed by atoms with van der Waals surface area (Å²) in [6, 6.07) is 8.47. The molecule has 0 N–H and O–H groups in total. The third-order valence-electron chi connectivity index (χ3n) is 1.94. The Morgan fingerprint density at radius 2 is 2.08 bits per heavy atom. The monoisotopic (exact) mass is 163 g/mol. The molecule has 65 valence electrons. The summed E-state index contributed by atoms with van der Waals surface area (Å²) >= 11 is 0. The minimum Gasteiger partial charge on any atom is -0.237 e. The van der Waals surface area contributed by atoms with Crippen LogP contribution in [-0.4, -0.2) is 6.61 Å². The van der Waals surface area contributed by atoms with Gasteiger partial charge in [0.05, 0.1) is 6.61 Å². The van der Waals surface area contributed by atoms with E-state index < -0.39 is 0 Å². The summed E-state index contributed by atoms with van der Waals surface area (Å²) in [5.41, 5.74) is 2.65. The number of benzene rings is 1. The lowest BCUT2D eigenvalue weighted by molar-refractivity contribution is 0.187. The van der Waals surface area contributed by atoms with Crippen LogP contribution in [0.25, 0.3) is 0 Å². The smallest absolute Gasteiger partial charge is 0.0822 e. The van der Waals surface area contributed by atoms with Crippen molar-refractivity contribution in [3.05, 3.63) is 35.4 Å². The second-order valence-electron chi connectivity index (χ2n) is 3.15. The van der Waals surface area contributed by atoms with Crippen LogP contribution >= 0.6 is 0 Å². The second-order valence-corrected chi connectivity index (χ2v) is 3.15. The van der Waals surface area contributed by atoms with Crippen molar-refractivity contribution in [1.29, 1.82) is 0 Å². The zero-order valence-electron chi connectivity index (χ0n) is 7.55. The van der Waals surface area contributed by atoms with Crippen LogP contribution in [0.1, 0.15) is 24.0 Å². The van der Waals surface area contributed by atoms with Gasteiger partial charge in [0.1, 0.15) is 0 Å². The van der Waals surface area contributed by atoms with Crippen molar-refractivity contribution in [3.63, 3.8) is 0 Å². The number of hydrogen-bond acceptors (Lipinski definition) is 0. The van der Waals surface area contributed by atoms with Gasteiger partial charge in [0.15, 0.2) is 0 Å². The molecule has 1 radical (unpaired) electrons. The van der Waals surface area contributed by atoms with Crippen LogP contribution in [-0.2, 0) is 11.5 Å². The fourth-order valence-corrected chi connectivity index (χ4v) is 1.30. The van der Waals surface area contributed by atoms with E-state index in [2.05, 4.69) is 31.2 Å². The van der Waals surface area contributed by atoms with E-state index in [4.69, 9.17) is 0 Å². The Morgan fingerprint density at radius 3 is 2.75 bits per heavy atom. The summed E-state index contributed by atoms with van der Waals surface area (Å²) in [4.78, 5) is 0. The van der Waals surface area contributed by atoms with E-state index >= 15 is 0 Å². The van der Waals surface area contributed by atoms with Gasteiger partial charge in [0.2, 0.25) is 0 Å². The van der Waals surface area contributed by atoms with Crippen LogP contribution < -0.4 is 0 Å². The molecular formula is C11H15O. The van der Waals surface area contributed by atoms with Crippen molar-refractivity contribution in [2.45, 2.75) is 26.2 Å². The second kappa shape index (κ2) is 4.94. The predicted octanol–water partition coefficient (Wildman–Crippen LogP) is 2.75. The van der Waals surface area contributed by atoms with Gasteiger partial charge < -0.3 is 0 Å². The van der Waals surface area contributed by atoms with Gasteiger partial charge in [-0.05, 0) is 31.7 Å². The highest BCUT2D eigenvalue weighted by Gasteiger charge is 1.92. The van der Waals surface area contributed by atoms with Gasteiger partial charge in [0, 0.05) is 0 Å². The molecule has 1 nitrogen and oxygen atoms in total. The molecule has 0 bridgehead atoms. The molecule has 1 rings (SSSR count). The molecule has 1 aromatic carbocycles. The third-order valence-corrected chi connectivity index (χ3v) is 1.94. The Hall–Kier alpha value is -0.820. The first kappa shape index (κ1) is 9.27. The summed E-state index contributed by atoms with van der Waals surface area (Å²) in [5.74, 6) is 0. The highest BCUT2D eigenvalue weighted by molar-refractivity contribution is 5.22. The molecule has 0 atom stereocenters. The zero-order chi connectivity index (χ0) is 8.81. The number of rotatable bonds is 4. The summed E-state index contributed by atoms with van der Waals surface area (Å²) in [6.07, 6.45) is 2.87. The summed E-state index contributed by atoms with van der Waals surface area (Å²) in [7, 11) is 0. The van der Waals surface area contributed by atoms with Crippen molar-refractivity contribution >= 4 is 0 Å². The molecule has 0 spiro atoms. The van der Waals surface area contributed by atoms with Gasteiger partial charge in [-0.25, -0.2) is 5.11 Å². The molecule has 0 heterocycles. The predicted molar refractivity (Wildman–Crippen MR) is 49.7 cm³/mol. The van der Waals surface area contributed by atoms with Crippen LogP contribution in [0.5, 0.6) is 0 Å². The van der Waals surface area contributed by atoms with Gasteiger partial charge >= 0.3 is 0 Å². The quantitative estimate of drug-likeness (QED) is 0.608. The molecule has 0 amide bonds. The normalized spacial score (nSPS) is 10.2. The van der Waals surface area contributed by atoms with Gasteiger partial charge in [0.25, 0.3) is 0 Å². The fraction of sp³-hybridized carbons (Fsp3) is 0.455. The molecule has 0 aliphatic heterocycles. The SMILES string of the molecule is Cc1cccc(CCCC[O])c1. The van der Waals surface area contributed by atoms with E-state index in [-0.39, 0.29) is 6.61 Å². The molecular weight excluding hydrogens is 148 g/mol. The molecule has 0 saturated heterocycles. The maximum Gasteiger partial charge on any atom is 0.0822 e. The molecule has 0 aliphatic rings. The number of aryl methyl sites for hydroxylation is 2. The Morgan fingerprint density at radius 1 is 1.25 bits per heavy atom. The van der Waals surface area contributed by atoms with Crippen molar-refractivity contribution < 1.29 is 5.11 Å². The van der Waals surface area contributed by atoms with Gasteiger partial charge in [-0.1, -0.05) is 29.8 Å². The van der Waals surface area contributed by atoms with E-state index in [0.717, 1.165) is 19.3 Å². The van der Waals surface area contributed by atoms with Crippen LogP contribution in [0, 0.1) is 6.92 Å². The minimum absolute atomic E-state index is 0.0613. The van der Waals surface area contributed by atoms with Gasteiger partial charge in [-0.3, -0.25) is 0 Å². The molecule has 1 heteroatoms. The lowest BCUT2D eigenvalue weighted by atomic mass is 10.1. The van der Waals surface area contributed by atoms with Crippen molar-refractivity contribution in [2.24, 2.45) is 0 Å². The maximum atomic E-state index is 10.2. The van der Waals surface area contributed by atoms with E-state index in [0.29, 0.717) is 0 Å². The van der Waals surface area contributed by atoms with Crippen molar-refractivity contribution in [1.82, 2.24) is 0 Å². The van der Waals surface area contributed by atoms with Crippen LogP contribution in [0.3, 0.4) is 0 Å². The fourth-order valence-electron chi connectivity index (χ4n) is 1.30. The first-order chi connectivity index (χ1) is 5.83. The van der Waals surface area contributed by atoms with Gasteiger partial charge in [-0.2, -0.15) is 0 Å². The van der Waals surface area contributed by atoms with E-state index in [1.54, 1.807) is 0 Å². The Bertz CT molecular complexity index is 230. The topological polar surface area (TPSA) is 19.9 Å². The van der Waals surface area contributed by atoms with Crippen molar-refractivity contribution in [2.75, 3.05) is 6.61 Å². The van der Waals surface area contributed by atoms with Crippen LogP contribution in [0.15, 0.2) is 24.3 Å². The minimum atomic E-state index is 0.0613. The van der Waals surface area contributed by atoms with E-state index in [1.807, 2.05) is 0 Å². The lowest BCUT2D eigenvalue weighted by Gasteiger charge is -2.00. The molecule has 0 aromatic heterocycles. The van der Waals surface area contributed by atoms with E-state index in [1.165, 1.54) is 11.1 Å². The highest BCUT2D eigenvalue weighted by Crippen LogP contribution is 2.07. The summed E-state index contributed by atoms with van der Waals surface area (Å²) in [5, 5.41) is 10.2. The molecule has 0 fully saturated rings. The Labute approximate surface area is 74.1 Å². The average Bonchev–Trinajstić information content (AvgIpc) is 2.05. The summed E-state index contributed by atoms with van der Waals surface area (Å²) < 4.78 is 0. The number of hydrogen-bond donors (Lipinski definition) is 0.